The Kier molecular flexibility index (Phi) is 8.54. The summed E-state index contributed by atoms with van der Waals surface area (Å²) in [5.41, 5.74) is 0.920. The number of ether oxygens (including phenoxy) is 2. The predicted molar refractivity (Wildman–Crippen MR) is 140 cm³/mol. The molecular formula is C28H30BrF2NO3. The van der Waals surface area contributed by atoms with Crippen molar-refractivity contribution in [3.8, 4) is 5.75 Å². The van der Waals surface area contributed by atoms with Gasteiger partial charge in [0.25, 0.3) is 0 Å². The quantitative estimate of drug-likeness (QED) is 0.195. The van der Waals surface area contributed by atoms with E-state index in [0.717, 1.165) is 21.7 Å². The van der Waals surface area contributed by atoms with Crippen LogP contribution in [0.15, 0.2) is 53.0 Å². The van der Waals surface area contributed by atoms with Gasteiger partial charge in [0.05, 0.1) is 16.6 Å². The van der Waals surface area contributed by atoms with E-state index in [9.17, 15) is 13.6 Å². The summed E-state index contributed by atoms with van der Waals surface area (Å²) in [6, 6.07) is 13.1. The number of carbonyl (C=O) groups excluding carboxylic acids is 1. The van der Waals surface area contributed by atoms with Gasteiger partial charge >= 0.3 is 5.97 Å². The summed E-state index contributed by atoms with van der Waals surface area (Å²) >= 11 is 3.27. The SMILES string of the molecule is CC.CC(C)(C)OC(=O)c1[nH]c2c(Br)c(F)ccc2c1CCCOc1cccc2cc(F)ccc12. The number of H-pyrrole nitrogens is 1. The van der Waals surface area contributed by atoms with Crippen LogP contribution in [0.2, 0.25) is 0 Å². The molecule has 0 spiro atoms. The first-order chi connectivity index (χ1) is 16.6. The van der Waals surface area contributed by atoms with E-state index < -0.39 is 17.4 Å². The van der Waals surface area contributed by atoms with Crippen molar-refractivity contribution in [1.29, 1.82) is 0 Å². The Morgan fingerprint density at radius 1 is 1.03 bits per heavy atom. The Labute approximate surface area is 212 Å². The zero-order valence-corrected chi connectivity index (χ0v) is 22.2. The van der Waals surface area contributed by atoms with Crippen LogP contribution in [-0.4, -0.2) is 23.2 Å². The number of halogens is 3. The average molecular weight is 546 g/mol. The number of benzene rings is 3. The highest BCUT2D eigenvalue weighted by Crippen LogP contribution is 2.32. The van der Waals surface area contributed by atoms with E-state index in [1.54, 1.807) is 32.9 Å². The lowest BCUT2D eigenvalue weighted by Crippen LogP contribution is -2.24. The zero-order chi connectivity index (χ0) is 25.8. The lowest BCUT2D eigenvalue weighted by atomic mass is 10.1. The molecule has 4 rings (SSSR count). The number of rotatable bonds is 6. The maximum atomic E-state index is 14.1. The molecule has 0 bridgehead atoms. The number of aryl methyl sites for hydroxylation is 1. The molecular weight excluding hydrogens is 516 g/mol. The first kappa shape index (κ1) is 26.7. The van der Waals surface area contributed by atoms with Gasteiger partial charge < -0.3 is 14.5 Å². The van der Waals surface area contributed by atoms with E-state index in [0.29, 0.717) is 36.4 Å². The predicted octanol–water partition coefficient (Wildman–Crippen LogP) is 8.35. The number of hydrogen-bond donors (Lipinski definition) is 1. The fraction of sp³-hybridized carbons (Fsp3) is 0.321. The Balaban J connectivity index is 0.00000167. The van der Waals surface area contributed by atoms with Crippen molar-refractivity contribution in [3.63, 3.8) is 0 Å². The lowest BCUT2D eigenvalue weighted by Gasteiger charge is -2.19. The number of carbonyl (C=O) groups is 1. The van der Waals surface area contributed by atoms with Crippen LogP contribution in [0.5, 0.6) is 5.75 Å². The van der Waals surface area contributed by atoms with Crippen molar-refractivity contribution < 1.29 is 23.0 Å². The van der Waals surface area contributed by atoms with Gasteiger partial charge in [0.2, 0.25) is 0 Å². The highest BCUT2D eigenvalue weighted by molar-refractivity contribution is 9.10. The molecule has 0 radical (unpaired) electrons. The van der Waals surface area contributed by atoms with Gasteiger partial charge in [-0.1, -0.05) is 26.0 Å². The monoisotopic (exact) mass is 545 g/mol. The van der Waals surface area contributed by atoms with Crippen molar-refractivity contribution in [2.75, 3.05) is 6.61 Å². The summed E-state index contributed by atoms with van der Waals surface area (Å²) in [5, 5.41) is 2.35. The van der Waals surface area contributed by atoms with Gasteiger partial charge in [-0.05, 0) is 96.9 Å². The fourth-order valence-corrected chi connectivity index (χ4v) is 4.25. The molecule has 0 saturated carbocycles. The van der Waals surface area contributed by atoms with Crippen LogP contribution in [0.3, 0.4) is 0 Å². The first-order valence-corrected chi connectivity index (χ1v) is 12.5. The highest BCUT2D eigenvalue weighted by Gasteiger charge is 2.25. The molecule has 4 nitrogen and oxygen atoms in total. The Bertz CT molecular complexity index is 1340. The molecule has 0 amide bonds. The fourth-order valence-electron chi connectivity index (χ4n) is 3.80. The van der Waals surface area contributed by atoms with Crippen molar-refractivity contribution in [3.05, 3.63) is 75.9 Å². The second-order valence-corrected chi connectivity index (χ2v) is 9.63. The second kappa shape index (κ2) is 11.2. The van der Waals surface area contributed by atoms with Crippen molar-refractivity contribution in [2.45, 2.75) is 53.1 Å². The number of esters is 1. The van der Waals surface area contributed by atoms with Crippen LogP contribution in [-0.2, 0) is 11.2 Å². The van der Waals surface area contributed by atoms with Crippen LogP contribution in [0.4, 0.5) is 8.78 Å². The van der Waals surface area contributed by atoms with Gasteiger partial charge in [0, 0.05) is 10.8 Å². The van der Waals surface area contributed by atoms with E-state index in [4.69, 9.17) is 9.47 Å². The molecule has 0 aliphatic heterocycles. The minimum absolute atomic E-state index is 0.273. The molecule has 1 heterocycles. The van der Waals surface area contributed by atoms with Crippen molar-refractivity contribution in [1.82, 2.24) is 4.98 Å². The molecule has 35 heavy (non-hydrogen) atoms. The molecule has 0 atom stereocenters. The van der Waals surface area contributed by atoms with Crippen LogP contribution in [0.1, 0.15) is 57.1 Å². The van der Waals surface area contributed by atoms with E-state index >= 15 is 0 Å². The molecule has 0 unspecified atom stereocenters. The molecule has 1 N–H and O–H groups in total. The van der Waals surface area contributed by atoms with Crippen LogP contribution in [0, 0.1) is 11.6 Å². The number of aromatic amines is 1. The van der Waals surface area contributed by atoms with E-state index in [-0.39, 0.29) is 10.3 Å². The van der Waals surface area contributed by atoms with Gasteiger partial charge in [-0.25, -0.2) is 13.6 Å². The molecule has 0 aliphatic rings. The van der Waals surface area contributed by atoms with E-state index in [1.807, 2.05) is 32.0 Å². The van der Waals surface area contributed by atoms with Crippen LogP contribution >= 0.6 is 15.9 Å². The van der Waals surface area contributed by atoms with Gasteiger partial charge in [-0.3, -0.25) is 0 Å². The summed E-state index contributed by atoms with van der Waals surface area (Å²) in [4.78, 5) is 15.9. The molecule has 0 fully saturated rings. The van der Waals surface area contributed by atoms with E-state index in [1.165, 1.54) is 18.2 Å². The molecule has 186 valence electrons. The second-order valence-electron chi connectivity index (χ2n) is 8.84. The van der Waals surface area contributed by atoms with Gasteiger partial charge in [0.15, 0.2) is 0 Å². The maximum absolute atomic E-state index is 14.1. The molecule has 3 aromatic carbocycles. The summed E-state index contributed by atoms with van der Waals surface area (Å²) < 4.78 is 39.4. The summed E-state index contributed by atoms with van der Waals surface area (Å²) in [6.07, 6.45) is 1.13. The first-order valence-electron chi connectivity index (χ1n) is 11.7. The molecule has 7 heteroatoms. The smallest absolute Gasteiger partial charge is 0.355 e. The van der Waals surface area contributed by atoms with Crippen LogP contribution in [0.25, 0.3) is 21.7 Å². The molecule has 0 saturated heterocycles. The standard InChI is InChI=1S/C26H24BrF2NO3.C2H6/c1-26(2,3)33-25(31)24-18(19-11-12-20(29)22(27)23(19)30-24)7-5-13-32-21-8-4-6-15-14-16(28)9-10-17(15)21;1-2/h4,6,8-12,14,30H,5,7,13H2,1-3H3;1-2H3. The van der Waals surface area contributed by atoms with Gasteiger partial charge in [0.1, 0.15) is 28.7 Å². The largest absolute Gasteiger partial charge is 0.493 e. The molecule has 0 aliphatic carbocycles. The Hall–Kier alpha value is -2.93. The third kappa shape index (κ3) is 6.20. The number of fused-ring (bicyclic) bond motifs is 2. The minimum atomic E-state index is -0.662. The highest BCUT2D eigenvalue weighted by atomic mass is 79.9. The van der Waals surface area contributed by atoms with Crippen LogP contribution < -0.4 is 4.74 Å². The maximum Gasteiger partial charge on any atom is 0.355 e. The van der Waals surface area contributed by atoms with E-state index in [2.05, 4.69) is 20.9 Å². The molecule has 1 aromatic heterocycles. The normalized spacial score (nSPS) is 11.3. The average Bonchev–Trinajstić information content (AvgIpc) is 3.18. The topological polar surface area (TPSA) is 51.3 Å². The number of hydrogen-bond acceptors (Lipinski definition) is 3. The molecule has 4 aromatic rings. The Morgan fingerprint density at radius 2 is 1.74 bits per heavy atom. The lowest BCUT2D eigenvalue weighted by molar-refractivity contribution is 0.00625. The third-order valence-electron chi connectivity index (χ3n) is 5.21. The minimum Gasteiger partial charge on any atom is -0.493 e. The van der Waals surface area contributed by atoms with Gasteiger partial charge in [-0.15, -0.1) is 0 Å². The summed E-state index contributed by atoms with van der Waals surface area (Å²) in [5.74, 6) is -0.528. The van der Waals surface area contributed by atoms with Crippen molar-refractivity contribution >= 4 is 43.6 Å². The number of nitrogens with one attached hydrogen (secondary N) is 1. The van der Waals surface area contributed by atoms with Gasteiger partial charge in [-0.2, -0.15) is 0 Å². The summed E-state index contributed by atoms with van der Waals surface area (Å²) in [7, 11) is 0. The third-order valence-corrected chi connectivity index (χ3v) is 5.98. The summed E-state index contributed by atoms with van der Waals surface area (Å²) in [6.45, 7) is 9.78. The zero-order valence-electron chi connectivity index (χ0n) is 20.6. The van der Waals surface area contributed by atoms with Crippen molar-refractivity contribution in [2.24, 2.45) is 0 Å². The number of aromatic nitrogens is 1. The Morgan fingerprint density at radius 3 is 2.46 bits per heavy atom.